The molecule has 1 aromatic heterocycles. The quantitative estimate of drug-likeness (QED) is 0.555. The van der Waals surface area contributed by atoms with Crippen LogP contribution < -0.4 is 19.9 Å². The molecular weight excluding hydrogens is 422 g/mol. The van der Waals surface area contributed by atoms with Gasteiger partial charge in [-0.2, -0.15) is 0 Å². The Morgan fingerprint density at radius 1 is 1.09 bits per heavy atom. The lowest BCUT2D eigenvalue weighted by molar-refractivity contribution is -0.128. The number of nitrogens with one attached hydrogen (secondary N) is 1. The van der Waals surface area contributed by atoms with Crippen molar-refractivity contribution >= 4 is 34.7 Å². The van der Waals surface area contributed by atoms with Gasteiger partial charge in [0.1, 0.15) is 12.3 Å². The van der Waals surface area contributed by atoms with Crippen LogP contribution in [0, 0.1) is 0 Å². The number of rotatable bonds is 7. The summed E-state index contributed by atoms with van der Waals surface area (Å²) < 4.78 is 11.0. The Balaban J connectivity index is 1.58. The summed E-state index contributed by atoms with van der Waals surface area (Å²) in [6, 6.07) is 15.4. The molecule has 0 saturated carbocycles. The molecule has 3 aromatic rings. The Morgan fingerprint density at radius 2 is 1.85 bits per heavy atom. The zero-order chi connectivity index (χ0) is 23.5. The number of anilines is 3. The summed E-state index contributed by atoms with van der Waals surface area (Å²) in [5.74, 6) is -0.370. The molecule has 2 heterocycles. The minimum absolute atomic E-state index is 0.190. The number of nitrogens with zero attached hydrogens (tertiary/aromatic N) is 2. The SMILES string of the molecule is CC[C@H]1Oc2ccc(C(=O)c3ccco3)cc2N(CC(=O)Nc2ccc(N(C)C)cc2)C1=O. The number of furan rings is 1. The molecule has 0 radical (unpaired) electrons. The van der Waals surface area contributed by atoms with Gasteiger partial charge in [0.05, 0.1) is 12.0 Å². The predicted molar refractivity (Wildman–Crippen MR) is 125 cm³/mol. The second kappa shape index (κ2) is 9.20. The van der Waals surface area contributed by atoms with Gasteiger partial charge in [-0.15, -0.1) is 0 Å². The van der Waals surface area contributed by atoms with Crippen LogP contribution in [0.2, 0.25) is 0 Å². The van der Waals surface area contributed by atoms with Crippen molar-refractivity contribution in [3.8, 4) is 5.75 Å². The summed E-state index contributed by atoms with van der Waals surface area (Å²) in [5.41, 5.74) is 2.34. The largest absolute Gasteiger partial charge is 0.478 e. The van der Waals surface area contributed by atoms with Crippen molar-refractivity contribution in [3.05, 3.63) is 72.2 Å². The molecule has 2 aromatic carbocycles. The molecule has 1 N–H and O–H groups in total. The van der Waals surface area contributed by atoms with E-state index in [1.807, 2.05) is 38.1 Å². The zero-order valence-corrected chi connectivity index (χ0v) is 18.7. The molecule has 1 aliphatic rings. The van der Waals surface area contributed by atoms with Gasteiger partial charge >= 0.3 is 0 Å². The van der Waals surface area contributed by atoms with Crippen LogP contribution in [0.3, 0.4) is 0 Å². The number of amides is 2. The van der Waals surface area contributed by atoms with Crippen LogP contribution in [0.5, 0.6) is 5.75 Å². The van der Waals surface area contributed by atoms with Crippen molar-refractivity contribution in [2.75, 3.05) is 35.8 Å². The zero-order valence-electron chi connectivity index (χ0n) is 18.7. The molecule has 170 valence electrons. The third kappa shape index (κ3) is 4.59. The Kier molecular flexibility index (Phi) is 6.17. The molecule has 4 rings (SSSR count). The Labute approximate surface area is 191 Å². The van der Waals surface area contributed by atoms with E-state index in [9.17, 15) is 14.4 Å². The highest BCUT2D eigenvalue weighted by Gasteiger charge is 2.35. The Morgan fingerprint density at radius 3 is 2.48 bits per heavy atom. The van der Waals surface area contributed by atoms with E-state index in [1.54, 1.807) is 42.5 Å². The summed E-state index contributed by atoms with van der Waals surface area (Å²) in [5, 5.41) is 2.83. The number of carbonyl (C=O) groups excluding carboxylic acids is 3. The van der Waals surface area contributed by atoms with Gasteiger partial charge < -0.3 is 19.4 Å². The molecule has 33 heavy (non-hydrogen) atoms. The fourth-order valence-corrected chi connectivity index (χ4v) is 3.62. The minimum Gasteiger partial charge on any atom is -0.478 e. The predicted octanol–water partition coefficient (Wildman–Crippen LogP) is 3.72. The standard InChI is InChI=1S/C25H25N3O5/c1-4-20-25(31)28(15-23(29)26-17-8-10-18(11-9-17)27(2)3)19-14-16(7-12-21(19)33-20)24(30)22-6-5-13-32-22/h5-14,20H,4,15H2,1-3H3,(H,26,29)/t20-/m1/s1. The highest BCUT2D eigenvalue weighted by Crippen LogP contribution is 2.36. The monoisotopic (exact) mass is 447 g/mol. The number of benzene rings is 2. The van der Waals surface area contributed by atoms with Crippen molar-refractivity contribution in [1.29, 1.82) is 0 Å². The molecular formula is C25H25N3O5. The third-order valence-corrected chi connectivity index (χ3v) is 5.41. The highest BCUT2D eigenvalue weighted by atomic mass is 16.5. The summed E-state index contributed by atoms with van der Waals surface area (Å²) in [6.07, 6.45) is 1.18. The van der Waals surface area contributed by atoms with Crippen LogP contribution in [-0.4, -0.2) is 44.3 Å². The molecule has 0 aliphatic carbocycles. The molecule has 0 bridgehead atoms. The van der Waals surface area contributed by atoms with Crippen LogP contribution >= 0.6 is 0 Å². The molecule has 0 saturated heterocycles. The van der Waals surface area contributed by atoms with Gasteiger partial charge in [-0.3, -0.25) is 19.3 Å². The van der Waals surface area contributed by atoms with Crippen LogP contribution in [0.15, 0.2) is 65.3 Å². The van der Waals surface area contributed by atoms with E-state index >= 15 is 0 Å². The molecule has 0 fully saturated rings. The van der Waals surface area contributed by atoms with E-state index in [1.165, 1.54) is 11.2 Å². The second-order valence-corrected chi connectivity index (χ2v) is 7.92. The molecule has 0 spiro atoms. The van der Waals surface area contributed by atoms with E-state index in [2.05, 4.69) is 5.32 Å². The van der Waals surface area contributed by atoms with Crippen molar-refractivity contribution in [2.45, 2.75) is 19.4 Å². The number of hydrogen-bond donors (Lipinski definition) is 1. The maximum absolute atomic E-state index is 13.0. The van der Waals surface area contributed by atoms with Crippen molar-refractivity contribution in [3.63, 3.8) is 0 Å². The smallest absolute Gasteiger partial charge is 0.268 e. The number of ketones is 1. The molecule has 1 atom stereocenters. The summed E-state index contributed by atoms with van der Waals surface area (Å²) in [4.78, 5) is 41.9. The van der Waals surface area contributed by atoms with E-state index in [0.29, 0.717) is 29.1 Å². The minimum atomic E-state index is -0.698. The average molecular weight is 447 g/mol. The molecule has 2 amide bonds. The summed E-state index contributed by atoms with van der Waals surface area (Å²) >= 11 is 0. The first-order chi connectivity index (χ1) is 15.9. The first-order valence-corrected chi connectivity index (χ1v) is 10.6. The number of hydrogen-bond acceptors (Lipinski definition) is 6. The average Bonchev–Trinajstić information content (AvgIpc) is 3.35. The third-order valence-electron chi connectivity index (χ3n) is 5.41. The maximum Gasteiger partial charge on any atom is 0.268 e. The fourth-order valence-electron chi connectivity index (χ4n) is 3.62. The molecule has 8 nitrogen and oxygen atoms in total. The lowest BCUT2D eigenvalue weighted by atomic mass is 10.0. The van der Waals surface area contributed by atoms with Crippen LogP contribution in [0.25, 0.3) is 0 Å². The van der Waals surface area contributed by atoms with Crippen molar-refractivity contribution < 1.29 is 23.5 Å². The second-order valence-electron chi connectivity index (χ2n) is 7.92. The lowest BCUT2D eigenvalue weighted by Crippen LogP contribution is -2.48. The van der Waals surface area contributed by atoms with Crippen LogP contribution in [0.4, 0.5) is 17.1 Å². The first kappa shape index (κ1) is 22.1. The van der Waals surface area contributed by atoms with Gasteiger partial charge in [0.15, 0.2) is 11.9 Å². The molecule has 0 unspecified atom stereocenters. The molecule has 1 aliphatic heterocycles. The van der Waals surface area contributed by atoms with Gasteiger partial charge in [-0.05, 0) is 61.0 Å². The van der Waals surface area contributed by atoms with E-state index in [-0.39, 0.29) is 29.9 Å². The summed E-state index contributed by atoms with van der Waals surface area (Å²) in [6.45, 7) is 1.63. The van der Waals surface area contributed by atoms with Gasteiger partial charge in [0, 0.05) is 31.0 Å². The first-order valence-electron chi connectivity index (χ1n) is 10.6. The Hall–Kier alpha value is -4.07. The normalized spacial score (nSPS) is 14.9. The Bertz CT molecular complexity index is 1170. The molecule has 8 heteroatoms. The topological polar surface area (TPSA) is 92.1 Å². The number of ether oxygens (including phenoxy) is 1. The van der Waals surface area contributed by atoms with Gasteiger partial charge in [-0.1, -0.05) is 6.92 Å². The van der Waals surface area contributed by atoms with Gasteiger partial charge in [0.25, 0.3) is 5.91 Å². The summed E-state index contributed by atoms with van der Waals surface area (Å²) in [7, 11) is 3.87. The van der Waals surface area contributed by atoms with E-state index in [0.717, 1.165) is 5.69 Å². The van der Waals surface area contributed by atoms with Crippen molar-refractivity contribution in [1.82, 2.24) is 0 Å². The van der Waals surface area contributed by atoms with Gasteiger partial charge in [0.2, 0.25) is 11.7 Å². The highest BCUT2D eigenvalue weighted by molar-refractivity contribution is 6.10. The van der Waals surface area contributed by atoms with Crippen LogP contribution in [0.1, 0.15) is 29.5 Å². The van der Waals surface area contributed by atoms with Gasteiger partial charge in [-0.25, -0.2) is 0 Å². The van der Waals surface area contributed by atoms with E-state index < -0.39 is 6.10 Å². The fraction of sp³-hybridized carbons (Fsp3) is 0.240. The number of fused-ring (bicyclic) bond motifs is 1. The van der Waals surface area contributed by atoms with E-state index in [4.69, 9.17) is 9.15 Å². The van der Waals surface area contributed by atoms with Crippen LogP contribution in [-0.2, 0) is 9.59 Å². The maximum atomic E-state index is 13.0. The lowest BCUT2D eigenvalue weighted by Gasteiger charge is -2.34. The van der Waals surface area contributed by atoms with Crippen molar-refractivity contribution in [2.24, 2.45) is 0 Å². The number of carbonyl (C=O) groups is 3.